The summed E-state index contributed by atoms with van der Waals surface area (Å²) in [6.07, 6.45) is 3.73. The molecule has 0 radical (unpaired) electrons. The van der Waals surface area contributed by atoms with Crippen LogP contribution in [0.2, 0.25) is 5.02 Å². The van der Waals surface area contributed by atoms with Crippen LogP contribution in [0.1, 0.15) is 50.3 Å². The molecule has 34 heavy (non-hydrogen) atoms. The van der Waals surface area contributed by atoms with E-state index in [-0.39, 0.29) is 6.61 Å². The van der Waals surface area contributed by atoms with Crippen LogP contribution in [-0.4, -0.2) is 43.0 Å². The Kier molecular flexibility index (Phi) is 16.8. The van der Waals surface area contributed by atoms with Crippen molar-refractivity contribution in [2.24, 2.45) is 11.8 Å². The minimum absolute atomic E-state index is 0.361. The highest BCUT2D eigenvalue weighted by Crippen LogP contribution is 2.24. The molecule has 2 aromatic rings. The molecule has 1 saturated heterocycles. The van der Waals surface area contributed by atoms with Gasteiger partial charge in [0.25, 0.3) is 0 Å². The number of hydrogen-bond donors (Lipinski definition) is 1. The molecule has 2 unspecified atom stereocenters. The van der Waals surface area contributed by atoms with Crippen molar-refractivity contribution in [3.05, 3.63) is 69.7 Å². The van der Waals surface area contributed by atoms with Gasteiger partial charge >= 0.3 is 0 Å². The molecule has 1 aliphatic heterocycles. The van der Waals surface area contributed by atoms with Gasteiger partial charge in [-0.2, -0.15) is 5.26 Å². The van der Waals surface area contributed by atoms with E-state index in [1.54, 1.807) is 25.1 Å². The van der Waals surface area contributed by atoms with Crippen molar-refractivity contribution in [3.8, 4) is 6.07 Å². The lowest BCUT2D eigenvalue weighted by atomic mass is 9.91. The summed E-state index contributed by atoms with van der Waals surface area (Å²) in [7, 11) is 2.22. The number of aliphatic hydroxyl groups is 1. The number of rotatable bonds is 4. The second-order valence-electron chi connectivity index (χ2n) is 8.21. The van der Waals surface area contributed by atoms with E-state index in [9.17, 15) is 8.78 Å². The number of nitriles is 1. The predicted octanol–water partition coefficient (Wildman–Crippen LogP) is 6.21. The molecule has 2 atom stereocenters. The number of halogens is 3. The summed E-state index contributed by atoms with van der Waals surface area (Å²) in [5.41, 5.74) is 2.04. The lowest BCUT2D eigenvalue weighted by Gasteiger charge is -2.16. The minimum atomic E-state index is -0.764. The maximum Gasteiger partial charge on any atom is 0.161 e. The van der Waals surface area contributed by atoms with E-state index in [0.717, 1.165) is 23.5 Å². The van der Waals surface area contributed by atoms with Crippen molar-refractivity contribution in [2.45, 2.75) is 47.0 Å². The number of aldehydes is 1. The van der Waals surface area contributed by atoms with E-state index in [2.05, 4.69) is 25.8 Å². The maximum absolute atomic E-state index is 12.6. The number of carbonyl (C=O) groups excluding carboxylic acids is 1. The van der Waals surface area contributed by atoms with E-state index in [0.29, 0.717) is 28.9 Å². The fourth-order valence-electron chi connectivity index (χ4n) is 3.30. The van der Waals surface area contributed by atoms with Gasteiger partial charge in [0.2, 0.25) is 0 Å². The number of hydrogen-bond acceptors (Lipinski definition) is 4. The third kappa shape index (κ3) is 12.2. The molecule has 7 heteroatoms. The van der Waals surface area contributed by atoms with Crippen LogP contribution in [0, 0.1) is 41.7 Å². The third-order valence-corrected chi connectivity index (χ3v) is 5.92. The van der Waals surface area contributed by atoms with Crippen LogP contribution in [0.5, 0.6) is 0 Å². The Morgan fingerprint density at radius 1 is 1.29 bits per heavy atom. The summed E-state index contributed by atoms with van der Waals surface area (Å²) in [4.78, 5) is 11.4. The van der Waals surface area contributed by atoms with E-state index in [1.807, 2.05) is 19.1 Å². The van der Waals surface area contributed by atoms with Gasteiger partial charge in [-0.3, -0.25) is 0 Å². The van der Waals surface area contributed by atoms with Gasteiger partial charge in [-0.15, -0.1) is 0 Å². The number of aryl methyl sites for hydroxylation is 2. The molecule has 2 aromatic carbocycles. The van der Waals surface area contributed by atoms with Crippen molar-refractivity contribution >= 4 is 17.9 Å². The molecular formula is C27H37ClF2N2O2. The van der Waals surface area contributed by atoms with E-state index < -0.39 is 11.6 Å². The summed E-state index contributed by atoms with van der Waals surface area (Å²) in [5.74, 6) is 0.435. The fraction of sp³-hybridized carbons (Fsp3) is 0.481. The molecule has 0 aromatic heterocycles. The zero-order chi connectivity index (χ0) is 26.1. The van der Waals surface area contributed by atoms with Crippen LogP contribution < -0.4 is 0 Å². The molecule has 3 rings (SSSR count). The first-order valence-electron chi connectivity index (χ1n) is 11.5. The van der Waals surface area contributed by atoms with Gasteiger partial charge in [-0.25, -0.2) is 8.78 Å². The smallest absolute Gasteiger partial charge is 0.161 e. The lowest BCUT2D eigenvalue weighted by molar-refractivity contribution is -0.110. The molecule has 1 N–H and O–H groups in total. The first-order valence-corrected chi connectivity index (χ1v) is 11.8. The van der Waals surface area contributed by atoms with E-state index >= 15 is 0 Å². The van der Waals surface area contributed by atoms with Gasteiger partial charge in [0, 0.05) is 6.54 Å². The summed E-state index contributed by atoms with van der Waals surface area (Å²) in [6, 6.07) is 11.6. The zero-order valence-corrected chi connectivity index (χ0v) is 21.6. The van der Waals surface area contributed by atoms with E-state index in [4.69, 9.17) is 26.8 Å². The quantitative estimate of drug-likeness (QED) is 0.513. The fourth-order valence-corrected chi connectivity index (χ4v) is 3.58. The summed E-state index contributed by atoms with van der Waals surface area (Å²) in [5, 5.41) is 16.5. The number of benzene rings is 2. The Hall–Kier alpha value is -2.33. The number of nitrogens with zero attached hydrogens (tertiary/aromatic N) is 2. The van der Waals surface area contributed by atoms with Gasteiger partial charge in [0.05, 0.1) is 17.2 Å². The summed E-state index contributed by atoms with van der Waals surface area (Å²) < 4.78 is 25.0. The van der Waals surface area contributed by atoms with Crippen molar-refractivity contribution < 1.29 is 18.7 Å². The van der Waals surface area contributed by atoms with Crippen LogP contribution in [0.15, 0.2) is 36.4 Å². The van der Waals surface area contributed by atoms with Crippen molar-refractivity contribution in [2.75, 3.05) is 26.7 Å². The molecule has 0 spiro atoms. The molecule has 0 aliphatic carbocycles. The Balaban J connectivity index is 0.000000445. The Morgan fingerprint density at radius 3 is 2.35 bits per heavy atom. The summed E-state index contributed by atoms with van der Waals surface area (Å²) >= 11 is 5.71. The van der Waals surface area contributed by atoms with Crippen molar-refractivity contribution in [1.29, 1.82) is 5.26 Å². The van der Waals surface area contributed by atoms with Crippen molar-refractivity contribution in [3.63, 3.8) is 0 Å². The van der Waals surface area contributed by atoms with Gasteiger partial charge in [-0.1, -0.05) is 57.0 Å². The van der Waals surface area contributed by atoms with Crippen LogP contribution >= 0.6 is 11.6 Å². The highest BCUT2D eigenvalue weighted by molar-refractivity contribution is 6.31. The second-order valence-corrected chi connectivity index (χ2v) is 8.61. The predicted molar refractivity (Wildman–Crippen MR) is 135 cm³/mol. The topological polar surface area (TPSA) is 64.3 Å². The van der Waals surface area contributed by atoms with Crippen molar-refractivity contribution in [1.82, 2.24) is 4.90 Å². The Bertz CT molecular complexity index is 903. The standard InChI is InChI=1S/C9H19N.C8H6ClN.C8H8F2.C2H4O2/c1-4-8(2)9-5-6-10(3)7-9;1-6-2-3-7(5-10)8(9)4-6;1-2-6-4-3-5-7(9)8(6)10;3-1-2-4/h8-9H,4-7H2,1-3H3;2-4H,1H3;3-5H,2H2,1H3;1,4H,2H2. The van der Waals surface area contributed by atoms with E-state index in [1.165, 1.54) is 32.0 Å². The largest absolute Gasteiger partial charge is 0.389 e. The van der Waals surface area contributed by atoms with Gasteiger partial charge in [0.1, 0.15) is 12.4 Å². The van der Waals surface area contributed by atoms with Crippen LogP contribution in [-0.2, 0) is 11.2 Å². The maximum atomic E-state index is 12.6. The minimum Gasteiger partial charge on any atom is -0.389 e. The first-order chi connectivity index (χ1) is 16.1. The normalized spacial score (nSPS) is 15.4. The zero-order valence-electron chi connectivity index (χ0n) is 20.8. The second kappa shape index (κ2) is 18.1. The molecule has 1 heterocycles. The highest BCUT2D eigenvalue weighted by Gasteiger charge is 2.23. The molecule has 188 valence electrons. The molecule has 0 bridgehead atoms. The van der Waals surface area contributed by atoms with Crippen LogP contribution in [0.3, 0.4) is 0 Å². The van der Waals surface area contributed by atoms with Gasteiger partial charge < -0.3 is 14.8 Å². The molecule has 4 nitrogen and oxygen atoms in total. The average Bonchev–Trinajstić information content (AvgIpc) is 3.27. The first kappa shape index (κ1) is 31.7. The molecule has 1 aliphatic rings. The SMILES string of the molecule is CCC(C)C1CCN(C)C1.CCc1cccc(F)c1F.Cc1ccc(C#N)c(Cl)c1.O=CCO. The number of aliphatic hydroxyl groups excluding tert-OH is 1. The van der Waals surface area contributed by atoms with Gasteiger partial charge in [-0.05, 0) is 74.5 Å². The monoisotopic (exact) mass is 494 g/mol. The third-order valence-electron chi connectivity index (χ3n) is 5.61. The number of carbonyl (C=O) groups is 1. The lowest BCUT2D eigenvalue weighted by Crippen LogP contribution is -2.17. The molecular weight excluding hydrogens is 458 g/mol. The summed E-state index contributed by atoms with van der Waals surface area (Å²) in [6.45, 7) is 10.7. The van der Waals surface area contributed by atoms with Crippen LogP contribution in [0.4, 0.5) is 8.78 Å². The molecule has 0 saturated carbocycles. The Labute approximate surface area is 208 Å². The molecule has 1 fully saturated rings. The van der Waals surface area contributed by atoms with Crippen LogP contribution in [0.25, 0.3) is 0 Å². The highest BCUT2D eigenvalue weighted by atomic mass is 35.5. The number of likely N-dealkylation sites (tertiary alicyclic amines) is 1. The average molecular weight is 495 g/mol. The van der Waals surface area contributed by atoms with Gasteiger partial charge in [0.15, 0.2) is 11.6 Å². The molecule has 0 amide bonds. The Morgan fingerprint density at radius 2 is 1.94 bits per heavy atom.